The van der Waals surface area contributed by atoms with Gasteiger partial charge in [0.25, 0.3) is 5.89 Å². The summed E-state index contributed by atoms with van der Waals surface area (Å²) in [5, 5.41) is 4.61. The summed E-state index contributed by atoms with van der Waals surface area (Å²) in [7, 11) is 0. The van der Waals surface area contributed by atoms with Gasteiger partial charge in [-0.15, -0.1) is 0 Å². The second-order valence-electron chi connectivity index (χ2n) is 8.90. The standard InChI is InChI=1S/C27H29ClN2O4/c1-5-32-27(31)22-14-19(12-17(22)4)13-18-6-8-20(9-7-18)26-29-25(30-34-26)21-10-11-24(23(28)15-21)33-16(2)3/h6-11,13,15-17,22H,5,12,14H2,1-4H3/b19-13+. The van der Waals surface area contributed by atoms with Crippen LogP contribution in [-0.4, -0.2) is 28.8 Å². The van der Waals surface area contributed by atoms with Gasteiger partial charge in [-0.1, -0.05) is 47.5 Å². The Hall–Kier alpha value is -3.12. The Kier molecular flexibility index (Phi) is 7.37. The van der Waals surface area contributed by atoms with Crippen LogP contribution < -0.4 is 4.74 Å². The first kappa shape index (κ1) is 24.0. The average Bonchev–Trinajstić information content (AvgIpc) is 3.43. The molecule has 0 saturated heterocycles. The zero-order valence-corrected chi connectivity index (χ0v) is 20.6. The largest absolute Gasteiger partial charge is 0.489 e. The number of rotatable bonds is 7. The predicted octanol–water partition coefficient (Wildman–Crippen LogP) is 6.84. The highest BCUT2D eigenvalue weighted by atomic mass is 35.5. The van der Waals surface area contributed by atoms with Crippen LogP contribution in [0.4, 0.5) is 0 Å². The normalized spacial score (nSPS) is 19.1. The first-order valence-electron chi connectivity index (χ1n) is 11.6. The van der Waals surface area contributed by atoms with Crippen molar-refractivity contribution in [2.75, 3.05) is 6.61 Å². The lowest BCUT2D eigenvalue weighted by Gasteiger charge is -2.12. The van der Waals surface area contributed by atoms with Crippen LogP contribution >= 0.6 is 11.6 Å². The molecule has 0 radical (unpaired) electrons. The van der Waals surface area contributed by atoms with Crippen molar-refractivity contribution in [3.63, 3.8) is 0 Å². The number of halogens is 1. The van der Waals surface area contributed by atoms with E-state index < -0.39 is 0 Å². The quantitative estimate of drug-likeness (QED) is 0.345. The van der Waals surface area contributed by atoms with Crippen LogP contribution in [0.15, 0.2) is 52.6 Å². The number of carbonyl (C=O) groups is 1. The fourth-order valence-corrected chi connectivity index (χ4v) is 4.44. The van der Waals surface area contributed by atoms with Crippen molar-refractivity contribution in [2.45, 2.75) is 46.6 Å². The van der Waals surface area contributed by atoms with Crippen molar-refractivity contribution in [3.05, 3.63) is 58.6 Å². The highest BCUT2D eigenvalue weighted by Gasteiger charge is 2.33. The summed E-state index contributed by atoms with van der Waals surface area (Å²) >= 11 is 6.34. The van der Waals surface area contributed by atoms with E-state index in [1.54, 1.807) is 6.07 Å². The van der Waals surface area contributed by atoms with Gasteiger partial charge in [0, 0.05) is 11.1 Å². The summed E-state index contributed by atoms with van der Waals surface area (Å²) in [6.45, 7) is 8.27. The van der Waals surface area contributed by atoms with Gasteiger partial charge in [0.1, 0.15) is 5.75 Å². The zero-order chi connectivity index (χ0) is 24.2. The number of hydrogen-bond donors (Lipinski definition) is 0. The maximum atomic E-state index is 12.2. The van der Waals surface area contributed by atoms with Crippen LogP contribution in [0, 0.1) is 11.8 Å². The van der Waals surface area contributed by atoms with Crippen LogP contribution in [0.25, 0.3) is 28.9 Å². The summed E-state index contributed by atoms with van der Waals surface area (Å²) < 4.78 is 16.4. The minimum atomic E-state index is -0.0932. The van der Waals surface area contributed by atoms with Gasteiger partial charge < -0.3 is 14.0 Å². The van der Waals surface area contributed by atoms with E-state index in [0.717, 1.165) is 29.5 Å². The highest BCUT2D eigenvalue weighted by Crippen LogP contribution is 2.38. The fourth-order valence-electron chi connectivity index (χ4n) is 4.21. The number of carbonyl (C=O) groups excluding carboxylic acids is 1. The number of benzene rings is 2. The van der Waals surface area contributed by atoms with E-state index in [0.29, 0.717) is 35.0 Å². The van der Waals surface area contributed by atoms with E-state index in [4.69, 9.17) is 25.6 Å². The van der Waals surface area contributed by atoms with Gasteiger partial charge in [0.2, 0.25) is 5.82 Å². The number of allylic oxidation sites excluding steroid dienone is 1. The SMILES string of the molecule is CCOC(=O)C1C/C(=C/c2ccc(-c3nc(-c4ccc(OC(C)C)c(Cl)c4)no3)cc2)CC1C. The zero-order valence-electron chi connectivity index (χ0n) is 19.9. The lowest BCUT2D eigenvalue weighted by Crippen LogP contribution is -2.19. The van der Waals surface area contributed by atoms with E-state index in [1.807, 2.05) is 57.2 Å². The summed E-state index contributed by atoms with van der Waals surface area (Å²) in [4.78, 5) is 16.7. The minimum Gasteiger partial charge on any atom is -0.489 e. The van der Waals surface area contributed by atoms with Gasteiger partial charge in [-0.3, -0.25) is 4.79 Å². The Labute approximate surface area is 204 Å². The number of esters is 1. The van der Waals surface area contributed by atoms with Crippen molar-refractivity contribution in [3.8, 4) is 28.6 Å². The minimum absolute atomic E-state index is 0.0369. The predicted molar refractivity (Wildman–Crippen MR) is 132 cm³/mol. The number of aromatic nitrogens is 2. The van der Waals surface area contributed by atoms with Gasteiger partial charge in [0.05, 0.1) is 23.7 Å². The molecule has 1 aliphatic carbocycles. The van der Waals surface area contributed by atoms with Crippen molar-refractivity contribution in [2.24, 2.45) is 11.8 Å². The van der Waals surface area contributed by atoms with Crippen molar-refractivity contribution < 1.29 is 18.8 Å². The van der Waals surface area contributed by atoms with Gasteiger partial charge in [-0.2, -0.15) is 4.98 Å². The molecule has 3 aromatic rings. The first-order chi connectivity index (χ1) is 16.3. The molecular formula is C27H29ClN2O4. The Morgan fingerprint density at radius 2 is 1.91 bits per heavy atom. The molecule has 1 heterocycles. The smallest absolute Gasteiger partial charge is 0.309 e. The van der Waals surface area contributed by atoms with Crippen LogP contribution in [0.1, 0.15) is 46.1 Å². The second kappa shape index (κ2) is 10.4. The lowest BCUT2D eigenvalue weighted by molar-refractivity contribution is -0.148. The van der Waals surface area contributed by atoms with Gasteiger partial charge >= 0.3 is 5.97 Å². The Balaban J connectivity index is 1.46. The van der Waals surface area contributed by atoms with E-state index in [9.17, 15) is 4.79 Å². The number of ether oxygens (including phenoxy) is 2. The molecule has 4 rings (SSSR count). The first-order valence-corrected chi connectivity index (χ1v) is 12.0. The third kappa shape index (κ3) is 5.50. The summed E-state index contributed by atoms with van der Waals surface area (Å²) in [6.07, 6.45) is 3.84. The van der Waals surface area contributed by atoms with Crippen LogP contribution in [0.5, 0.6) is 5.75 Å². The molecule has 1 aliphatic rings. The summed E-state index contributed by atoms with van der Waals surface area (Å²) in [5.41, 5.74) is 3.92. The molecule has 178 valence electrons. The molecule has 6 nitrogen and oxygen atoms in total. The van der Waals surface area contributed by atoms with E-state index in [1.165, 1.54) is 5.57 Å². The molecule has 34 heavy (non-hydrogen) atoms. The van der Waals surface area contributed by atoms with Crippen molar-refractivity contribution in [1.82, 2.24) is 10.1 Å². The Morgan fingerprint density at radius 1 is 1.18 bits per heavy atom. The summed E-state index contributed by atoms with van der Waals surface area (Å²) in [5.74, 6) is 1.67. The fraction of sp³-hybridized carbons (Fsp3) is 0.370. The highest BCUT2D eigenvalue weighted by molar-refractivity contribution is 6.32. The molecular weight excluding hydrogens is 452 g/mol. The Bertz CT molecular complexity index is 1180. The van der Waals surface area contributed by atoms with E-state index in [2.05, 4.69) is 23.1 Å². The van der Waals surface area contributed by atoms with Crippen LogP contribution in [-0.2, 0) is 9.53 Å². The molecule has 0 amide bonds. The van der Waals surface area contributed by atoms with Gasteiger partial charge in [-0.25, -0.2) is 0 Å². The van der Waals surface area contributed by atoms with Gasteiger partial charge in [-0.05, 0) is 75.4 Å². The van der Waals surface area contributed by atoms with E-state index in [-0.39, 0.29) is 18.0 Å². The molecule has 1 aromatic heterocycles. The maximum absolute atomic E-state index is 12.2. The molecule has 1 fully saturated rings. The van der Waals surface area contributed by atoms with Crippen molar-refractivity contribution in [1.29, 1.82) is 0 Å². The molecule has 2 atom stereocenters. The van der Waals surface area contributed by atoms with Crippen LogP contribution in [0.3, 0.4) is 0 Å². The molecule has 2 unspecified atom stereocenters. The number of hydrogen-bond acceptors (Lipinski definition) is 6. The molecule has 7 heteroatoms. The Morgan fingerprint density at radius 3 is 2.59 bits per heavy atom. The average molecular weight is 481 g/mol. The van der Waals surface area contributed by atoms with E-state index >= 15 is 0 Å². The third-order valence-electron chi connectivity index (χ3n) is 5.85. The van der Waals surface area contributed by atoms with Crippen molar-refractivity contribution >= 4 is 23.6 Å². The maximum Gasteiger partial charge on any atom is 0.309 e. The second-order valence-corrected chi connectivity index (χ2v) is 9.31. The molecule has 0 N–H and O–H groups in total. The van der Waals surface area contributed by atoms with Crippen LogP contribution in [0.2, 0.25) is 5.02 Å². The monoisotopic (exact) mass is 480 g/mol. The molecule has 0 spiro atoms. The molecule has 1 saturated carbocycles. The summed E-state index contributed by atoms with van der Waals surface area (Å²) in [6, 6.07) is 13.4. The topological polar surface area (TPSA) is 74.5 Å². The third-order valence-corrected chi connectivity index (χ3v) is 6.15. The van der Waals surface area contributed by atoms with Gasteiger partial charge in [0.15, 0.2) is 0 Å². The number of nitrogens with zero attached hydrogens (tertiary/aromatic N) is 2. The lowest BCUT2D eigenvalue weighted by atomic mass is 9.99. The molecule has 0 aliphatic heterocycles. The molecule has 2 aromatic carbocycles. The molecule has 0 bridgehead atoms.